The molecule has 0 spiro atoms. The van der Waals surface area contributed by atoms with E-state index in [9.17, 15) is 0 Å². The fourth-order valence-corrected chi connectivity index (χ4v) is 2.33. The minimum atomic E-state index is 0.300. The lowest BCUT2D eigenvalue weighted by atomic mass is 10.1. The molecule has 0 amide bonds. The Morgan fingerprint density at radius 2 is 2.00 bits per heavy atom. The molecule has 1 atom stereocenters. The summed E-state index contributed by atoms with van der Waals surface area (Å²) in [7, 11) is 2.03. The van der Waals surface area contributed by atoms with Crippen LogP contribution in [-0.4, -0.2) is 27.7 Å². The topological polar surface area (TPSA) is 39.5 Å². The lowest BCUT2D eigenvalue weighted by molar-refractivity contribution is 0.517. The fourth-order valence-electron chi connectivity index (χ4n) is 2.06. The summed E-state index contributed by atoms with van der Waals surface area (Å²) in [5.74, 6) is 1.16. The van der Waals surface area contributed by atoms with Crippen LogP contribution in [-0.2, 0) is 0 Å². The molecule has 3 nitrogen and oxygen atoms in total. The van der Waals surface area contributed by atoms with Crippen molar-refractivity contribution in [3.8, 4) is 0 Å². The minimum absolute atomic E-state index is 0.300. The van der Waals surface area contributed by atoms with Crippen LogP contribution in [0.15, 0.2) is 59.1 Å². The number of alkyl halides is 1. The van der Waals surface area contributed by atoms with E-state index in [0.29, 0.717) is 9.88 Å². The van der Waals surface area contributed by atoms with Crippen LogP contribution in [0.25, 0.3) is 0 Å². The summed E-state index contributed by atoms with van der Waals surface area (Å²) in [6.45, 7) is 2.12. The zero-order valence-corrected chi connectivity index (χ0v) is 14.5. The van der Waals surface area contributed by atoms with Crippen LogP contribution in [0.2, 0.25) is 0 Å². The number of rotatable bonds is 3. The molecule has 1 unspecified atom stereocenters. The van der Waals surface area contributed by atoms with Gasteiger partial charge in [0.25, 0.3) is 0 Å². The number of hydrogen-bond acceptors (Lipinski definition) is 1. The molecule has 1 aliphatic carbocycles. The molecule has 0 aromatic heterocycles. The molecule has 1 aromatic rings. The summed E-state index contributed by atoms with van der Waals surface area (Å²) in [5.41, 5.74) is 1.94. The maximum Gasteiger partial charge on any atom is 0.154 e. The highest BCUT2D eigenvalue weighted by molar-refractivity contribution is 14.1. The summed E-state index contributed by atoms with van der Waals surface area (Å²) in [4.78, 5) is 6.70. The monoisotopic (exact) mass is 393 g/mol. The smallest absolute Gasteiger partial charge is 0.154 e. The van der Waals surface area contributed by atoms with Crippen LogP contribution >= 0.6 is 22.6 Å². The summed E-state index contributed by atoms with van der Waals surface area (Å²) in [6, 6.07) is 9.66. The minimum Gasteiger partial charge on any atom is -0.348 e. The van der Waals surface area contributed by atoms with E-state index < -0.39 is 0 Å². The van der Waals surface area contributed by atoms with Gasteiger partial charge >= 0.3 is 0 Å². The number of aliphatic imine (C=N–C) groups is 1. The third-order valence-electron chi connectivity index (χ3n) is 3.39. The van der Waals surface area contributed by atoms with E-state index in [1.54, 1.807) is 0 Å². The maximum atomic E-state index is 8.25. The predicted molar refractivity (Wildman–Crippen MR) is 98.4 cm³/mol. The molecule has 110 valence electrons. The molecule has 0 saturated heterocycles. The van der Waals surface area contributed by atoms with Crippen LogP contribution in [0.5, 0.6) is 0 Å². The molecular formula is C17H20IN3. The van der Waals surface area contributed by atoms with Gasteiger partial charge in [0.2, 0.25) is 0 Å². The molecule has 2 rings (SSSR count). The van der Waals surface area contributed by atoms with Crippen molar-refractivity contribution in [2.75, 3.05) is 7.05 Å². The highest BCUT2D eigenvalue weighted by Gasteiger charge is 2.16. The van der Waals surface area contributed by atoms with E-state index in [1.807, 2.05) is 37.4 Å². The summed E-state index contributed by atoms with van der Waals surface area (Å²) in [5, 5.41) is 8.25. The fraction of sp³-hybridized carbons (Fsp3) is 0.294. The van der Waals surface area contributed by atoms with Crippen LogP contribution in [0.4, 0.5) is 0 Å². The van der Waals surface area contributed by atoms with E-state index in [-0.39, 0.29) is 0 Å². The molecule has 1 aliphatic rings. The first-order valence-corrected chi connectivity index (χ1v) is 8.31. The predicted octanol–water partition coefficient (Wildman–Crippen LogP) is 4.40. The molecule has 0 radical (unpaired) electrons. The lowest BCUT2D eigenvalue weighted by Crippen LogP contribution is -2.33. The third kappa shape index (κ3) is 4.27. The lowest BCUT2D eigenvalue weighted by Gasteiger charge is -2.26. The average molecular weight is 393 g/mol. The Morgan fingerprint density at radius 3 is 2.57 bits per heavy atom. The SMILES string of the molecule is CC(I)N(C)/C(=N\C(=N)c1ccccc1)C1=CCCC=C1. The van der Waals surface area contributed by atoms with Crippen molar-refractivity contribution in [1.82, 2.24) is 4.90 Å². The van der Waals surface area contributed by atoms with Crippen molar-refractivity contribution in [3.63, 3.8) is 0 Å². The van der Waals surface area contributed by atoms with Gasteiger partial charge in [-0.05, 0) is 19.8 Å². The quantitative estimate of drug-likeness (QED) is 0.267. The van der Waals surface area contributed by atoms with E-state index in [4.69, 9.17) is 5.41 Å². The number of amidine groups is 2. The van der Waals surface area contributed by atoms with Crippen LogP contribution in [0, 0.1) is 5.41 Å². The van der Waals surface area contributed by atoms with E-state index in [2.05, 4.69) is 57.6 Å². The molecule has 21 heavy (non-hydrogen) atoms. The van der Waals surface area contributed by atoms with E-state index in [1.165, 1.54) is 0 Å². The van der Waals surface area contributed by atoms with Crippen molar-refractivity contribution >= 4 is 34.3 Å². The number of benzene rings is 1. The van der Waals surface area contributed by atoms with Gasteiger partial charge < -0.3 is 4.90 Å². The normalized spacial score (nSPS) is 16.3. The van der Waals surface area contributed by atoms with Crippen LogP contribution in [0.3, 0.4) is 0 Å². The molecule has 0 bridgehead atoms. The van der Waals surface area contributed by atoms with Gasteiger partial charge in [0.15, 0.2) is 5.84 Å². The number of halogens is 1. The molecule has 0 fully saturated rings. The number of likely N-dealkylation sites (N-methyl/N-ethyl adjacent to an activating group) is 1. The first kappa shape index (κ1) is 15.9. The Balaban J connectivity index is 2.35. The first-order valence-electron chi connectivity index (χ1n) is 7.06. The molecule has 0 heterocycles. The highest BCUT2D eigenvalue weighted by atomic mass is 127. The van der Waals surface area contributed by atoms with Gasteiger partial charge in [0.05, 0.1) is 4.05 Å². The summed E-state index contributed by atoms with van der Waals surface area (Å²) in [6.07, 6.45) is 8.59. The third-order valence-corrected chi connectivity index (χ3v) is 4.22. The van der Waals surface area contributed by atoms with Crippen molar-refractivity contribution in [2.24, 2.45) is 4.99 Å². The number of hydrogen-bond donors (Lipinski definition) is 1. The Bertz CT molecular complexity index is 585. The van der Waals surface area contributed by atoms with Gasteiger partial charge in [-0.3, -0.25) is 5.41 Å². The van der Waals surface area contributed by atoms with Gasteiger partial charge in [-0.2, -0.15) is 0 Å². The van der Waals surface area contributed by atoms with Crippen molar-refractivity contribution in [1.29, 1.82) is 5.41 Å². The highest BCUT2D eigenvalue weighted by Crippen LogP contribution is 2.17. The van der Waals surface area contributed by atoms with Gasteiger partial charge in [0.1, 0.15) is 5.84 Å². The van der Waals surface area contributed by atoms with Gasteiger partial charge in [0, 0.05) is 18.2 Å². The van der Waals surface area contributed by atoms with Gasteiger partial charge in [-0.25, -0.2) is 4.99 Å². The first-order chi connectivity index (χ1) is 10.1. The Hall–Kier alpha value is -1.43. The Kier molecular flexibility index (Phi) is 5.73. The van der Waals surface area contributed by atoms with Crippen molar-refractivity contribution in [3.05, 3.63) is 59.7 Å². The second kappa shape index (κ2) is 7.54. The second-order valence-corrected chi connectivity index (χ2v) is 6.78. The second-order valence-electron chi connectivity index (χ2n) is 4.97. The number of nitrogens with one attached hydrogen (secondary N) is 1. The van der Waals surface area contributed by atoms with E-state index in [0.717, 1.165) is 29.8 Å². The Morgan fingerprint density at radius 1 is 1.29 bits per heavy atom. The molecule has 0 saturated carbocycles. The average Bonchev–Trinajstić information content (AvgIpc) is 2.53. The zero-order chi connectivity index (χ0) is 15.2. The van der Waals surface area contributed by atoms with Crippen LogP contribution < -0.4 is 0 Å². The molecule has 4 heteroatoms. The molecule has 1 aromatic carbocycles. The van der Waals surface area contributed by atoms with E-state index >= 15 is 0 Å². The largest absolute Gasteiger partial charge is 0.348 e. The molecule has 0 aliphatic heterocycles. The zero-order valence-electron chi connectivity index (χ0n) is 12.4. The maximum absolute atomic E-state index is 8.25. The van der Waals surface area contributed by atoms with Crippen molar-refractivity contribution in [2.45, 2.75) is 23.8 Å². The summed E-state index contributed by atoms with van der Waals surface area (Å²) >= 11 is 2.36. The van der Waals surface area contributed by atoms with Gasteiger partial charge in [-0.15, -0.1) is 0 Å². The summed E-state index contributed by atoms with van der Waals surface area (Å²) < 4.78 is 0.307. The molecular weight excluding hydrogens is 373 g/mol. The van der Waals surface area contributed by atoms with Crippen LogP contribution in [0.1, 0.15) is 25.3 Å². The number of allylic oxidation sites excluding steroid dienone is 2. The Labute approximate surface area is 140 Å². The van der Waals surface area contributed by atoms with Gasteiger partial charge in [-0.1, -0.05) is 71.2 Å². The standard InChI is InChI=1S/C17H20IN3/c1-13(18)21(2)17(15-11-7-4-8-12-15)20-16(19)14-9-5-3-6-10-14/h3,5-7,9-13,19H,4,8H2,1-2H3/b19-16?,20-17-. The van der Waals surface area contributed by atoms with Crippen molar-refractivity contribution < 1.29 is 0 Å². The number of nitrogens with zero attached hydrogens (tertiary/aromatic N) is 2. The molecule has 1 N–H and O–H groups in total.